The van der Waals surface area contributed by atoms with E-state index in [-0.39, 0.29) is 0 Å². The van der Waals surface area contributed by atoms with Crippen molar-refractivity contribution >= 4 is 0 Å². The second kappa shape index (κ2) is 5.27. The minimum atomic E-state index is 0.487. The summed E-state index contributed by atoms with van der Waals surface area (Å²) in [6, 6.07) is 1.61. The van der Waals surface area contributed by atoms with Crippen LogP contribution in [-0.2, 0) is 0 Å². The summed E-state index contributed by atoms with van der Waals surface area (Å²) in [4.78, 5) is 2.62. The Balaban J connectivity index is 1.90. The second-order valence-electron chi connectivity index (χ2n) is 6.85. The van der Waals surface area contributed by atoms with Crippen LogP contribution in [0.3, 0.4) is 0 Å². The summed E-state index contributed by atoms with van der Waals surface area (Å²) >= 11 is 0. The number of rotatable bonds is 5. The molecule has 2 rings (SSSR count). The van der Waals surface area contributed by atoms with Crippen LogP contribution >= 0.6 is 0 Å². The molecule has 2 unspecified atom stereocenters. The average Bonchev–Trinajstić information content (AvgIpc) is 2.43. The Hall–Kier alpha value is -0.0800. The van der Waals surface area contributed by atoms with Gasteiger partial charge in [0.25, 0.3) is 0 Å². The molecule has 17 heavy (non-hydrogen) atoms. The summed E-state index contributed by atoms with van der Waals surface area (Å²) in [6.07, 6.45) is 7.09. The van der Waals surface area contributed by atoms with Crippen molar-refractivity contribution in [2.75, 3.05) is 20.1 Å². The zero-order valence-electron chi connectivity index (χ0n) is 12.1. The van der Waals surface area contributed by atoms with E-state index in [0.717, 1.165) is 24.5 Å². The lowest BCUT2D eigenvalue weighted by molar-refractivity contribution is 0.122. The summed E-state index contributed by atoms with van der Waals surface area (Å²) in [5.41, 5.74) is 0.487. The van der Waals surface area contributed by atoms with Crippen LogP contribution in [0.2, 0.25) is 0 Å². The molecule has 0 aromatic carbocycles. The first-order valence-corrected chi connectivity index (χ1v) is 7.48. The summed E-state index contributed by atoms with van der Waals surface area (Å²) in [6.45, 7) is 9.51. The summed E-state index contributed by atoms with van der Waals surface area (Å²) in [5, 5.41) is 3.74. The molecule has 0 aromatic heterocycles. The second-order valence-corrected chi connectivity index (χ2v) is 6.85. The molecule has 2 aliphatic carbocycles. The third-order valence-corrected chi connectivity index (χ3v) is 5.12. The van der Waals surface area contributed by atoms with Crippen LogP contribution in [-0.4, -0.2) is 37.1 Å². The van der Waals surface area contributed by atoms with Crippen molar-refractivity contribution in [3.63, 3.8) is 0 Å². The standard InChI is InChI=1S/C15H30N2/c1-5-16-14-12(9-10-15(14,2)3)11-17(4)13-7-6-8-13/h12-14,16H,5-11H2,1-4H3. The molecule has 0 heterocycles. The van der Waals surface area contributed by atoms with E-state index in [1.165, 1.54) is 38.6 Å². The zero-order chi connectivity index (χ0) is 12.5. The molecule has 0 aromatic rings. The van der Waals surface area contributed by atoms with Crippen LogP contribution in [0.15, 0.2) is 0 Å². The highest BCUT2D eigenvalue weighted by atomic mass is 15.1. The van der Waals surface area contributed by atoms with Gasteiger partial charge in [-0.05, 0) is 50.6 Å². The topological polar surface area (TPSA) is 15.3 Å². The molecule has 0 bridgehead atoms. The van der Waals surface area contributed by atoms with Crippen molar-refractivity contribution in [2.45, 2.75) is 65.0 Å². The molecule has 0 saturated heterocycles. The van der Waals surface area contributed by atoms with Crippen LogP contribution in [0.5, 0.6) is 0 Å². The van der Waals surface area contributed by atoms with Gasteiger partial charge in [0.05, 0.1) is 0 Å². The number of nitrogens with one attached hydrogen (secondary N) is 1. The average molecular weight is 238 g/mol. The minimum Gasteiger partial charge on any atom is -0.313 e. The number of hydrogen-bond acceptors (Lipinski definition) is 2. The van der Waals surface area contributed by atoms with Gasteiger partial charge in [-0.3, -0.25) is 0 Å². The number of nitrogens with zero attached hydrogens (tertiary/aromatic N) is 1. The van der Waals surface area contributed by atoms with Gasteiger partial charge in [-0.15, -0.1) is 0 Å². The maximum absolute atomic E-state index is 3.74. The van der Waals surface area contributed by atoms with Gasteiger partial charge in [0.15, 0.2) is 0 Å². The van der Waals surface area contributed by atoms with E-state index < -0.39 is 0 Å². The van der Waals surface area contributed by atoms with Gasteiger partial charge in [-0.1, -0.05) is 27.2 Å². The maximum Gasteiger partial charge on any atom is 0.0159 e. The van der Waals surface area contributed by atoms with E-state index in [0.29, 0.717) is 5.41 Å². The third-order valence-electron chi connectivity index (χ3n) is 5.12. The third kappa shape index (κ3) is 2.85. The Labute approximate surface area is 107 Å². The Kier molecular flexibility index (Phi) is 4.14. The molecule has 2 aliphatic rings. The van der Waals surface area contributed by atoms with Crippen LogP contribution < -0.4 is 5.32 Å². The highest BCUT2D eigenvalue weighted by Gasteiger charge is 2.42. The molecule has 2 saturated carbocycles. The van der Waals surface area contributed by atoms with Gasteiger partial charge in [0.2, 0.25) is 0 Å². The van der Waals surface area contributed by atoms with Gasteiger partial charge < -0.3 is 10.2 Å². The smallest absolute Gasteiger partial charge is 0.0159 e. The Bertz CT molecular complexity index is 245. The molecule has 1 N–H and O–H groups in total. The van der Waals surface area contributed by atoms with Gasteiger partial charge in [0.1, 0.15) is 0 Å². The largest absolute Gasteiger partial charge is 0.313 e. The van der Waals surface area contributed by atoms with E-state index in [1.807, 2.05) is 0 Å². The first kappa shape index (κ1) is 13.4. The SMILES string of the molecule is CCNC1C(CN(C)C2CCC2)CCC1(C)C. The van der Waals surface area contributed by atoms with Crippen molar-refractivity contribution in [1.82, 2.24) is 10.2 Å². The molecule has 100 valence electrons. The van der Waals surface area contributed by atoms with Crippen molar-refractivity contribution in [3.8, 4) is 0 Å². The van der Waals surface area contributed by atoms with E-state index in [2.05, 4.69) is 38.0 Å². The van der Waals surface area contributed by atoms with Gasteiger partial charge in [-0.25, -0.2) is 0 Å². The molecule has 2 fully saturated rings. The molecule has 0 radical (unpaired) electrons. The lowest BCUT2D eigenvalue weighted by Gasteiger charge is -2.39. The first-order chi connectivity index (χ1) is 8.04. The van der Waals surface area contributed by atoms with Crippen LogP contribution in [0.1, 0.15) is 52.9 Å². The Morgan fingerprint density at radius 2 is 1.94 bits per heavy atom. The molecule has 0 amide bonds. The minimum absolute atomic E-state index is 0.487. The van der Waals surface area contributed by atoms with Crippen LogP contribution in [0.4, 0.5) is 0 Å². The molecular formula is C15H30N2. The predicted molar refractivity (Wildman–Crippen MR) is 74.2 cm³/mol. The van der Waals surface area contributed by atoms with Crippen molar-refractivity contribution in [1.29, 1.82) is 0 Å². The molecular weight excluding hydrogens is 208 g/mol. The quantitative estimate of drug-likeness (QED) is 0.792. The first-order valence-electron chi connectivity index (χ1n) is 7.48. The van der Waals surface area contributed by atoms with Gasteiger partial charge in [0, 0.05) is 18.6 Å². The lowest BCUT2D eigenvalue weighted by Crippen LogP contribution is -2.47. The Morgan fingerprint density at radius 3 is 2.47 bits per heavy atom. The van der Waals surface area contributed by atoms with E-state index in [4.69, 9.17) is 0 Å². The monoisotopic (exact) mass is 238 g/mol. The van der Waals surface area contributed by atoms with Crippen molar-refractivity contribution in [3.05, 3.63) is 0 Å². The molecule has 0 aliphatic heterocycles. The zero-order valence-corrected chi connectivity index (χ0v) is 12.1. The van der Waals surface area contributed by atoms with E-state index in [1.54, 1.807) is 0 Å². The lowest BCUT2D eigenvalue weighted by atomic mass is 9.84. The normalized spacial score (nSPS) is 33.0. The fraction of sp³-hybridized carbons (Fsp3) is 1.00. The van der Waals surface area contributed by atoms with Gasteiger partial charge in [-0.2, -0.15) is 0 Å². The van der Waals surface area contributed by atoms with Gasteiger partial charge >= 0.3 is 0 Å². The summed E-state index contributed by atoms with van der Waals surface area (Å²) in [5.74, 6) is 0.857. The van der Waals surface area contributed by atoms with Crippen LogP contribution in [0.25, 0.3) is 0 Å². The fourth-order valence-corrected chi connectivity index (χ4v) is 3.72. The fourth-order valence-electron chi connectivity index (χ4n) is 3.72. The maximum atomic E-state index is 3.74. The van der Waals surface area contributed by atoms with E-state index in [9.17, 15) is 0 Å². The Morgan fingerprint density at radius 1 is 1.24 bits per heavy atom. The van der Waals surface area contributed by atoms with Crippen LogP contribution in [0, 0.1) is 11.3 Å². The van der Waals surface area contributed by atoms with Crippen molar-refractivity contribution < 1.29 is 0 Å². The molecule has 2 nitrogen and oxygen atoms in total. The number of hydrogen-bond donors (Lipinski definition) is 1. The highest BCUT2D eigenvalue weighted by Crippen LogP contribution is 2.42. The summed E-state index contributed by atoms with van der Waals surface area (Å²) < 4.78 is 0. The molecule has 2 atom stereocenters. The van der Waals surface area contributed by atoms with E-state index >= 15 is 0 Å². The molecule has 2 heteroatoms. The predicted octanol–water partition coefficient (Wildman–Crippen LogP) is 2.89. The summed E-state index contributed by atoms with van der Waals surface area (Å²) in [7, 11) is 2.33. The molecule has 0 spiro atoms. The van der Waals surface area contributed by atoms with Crippen molar-refractivity contribution in [2.24, 2.45) is 11.3 Å². The highest BCUT2D eigenvalue weighted by molar-refractivity contribution is 4.97.